The highest BCUT2D eigenvalue weighted by Gasteiger charge is 2.36. The Balaban J connectivity index is 1.52. The van der Waals surface area contributed by atoms with E-state index in [0.717, 1.165) is 11.4 Å². The second-order valence-corrected chi connectivity index (χ2v) is 7.62. The molecule has 30 heavy (non-hydrogen) atoms. The first-order chi connectivity index (χ1) is 14.3. The van der Waals surface area contributed by atoms with Crippen LogP contribution in [0.2, 0.25) is 0 Å². The molecule has 4 rings (SSSR count). The summed E-state index contributed by atoms with van der Waals surface area (Å²) < 4.78 is 15.7. The lowest BCUT2D eigenvalue weighted by Gasteiger charge is -2.17. The lowest BCUT2D eigenvalue weighted by molar-refractivity contribution is -0.122. The molecule has 0 aliphatic carbocycles. The Morgan fingerprint density at radius 3 is 2.53 bits per heavy atom. The molecule has 0 saturated carbocycles. The van der Waals surface area contributed by atoms with Crippen molar-refractivity contribution in [2.75, 3.05) is 16.8 Å². The molecule has 7 heteroatoms. The Morgan fingerprint density at radius 1 is 1.10 bits per heavy atom. The molecule has 1 aliphatic rings. The van der Waals surface area contributed by atoms with Gasteiger partial charge in [0.15, 0.2) is 0 Å². The fourth-order valence-electron chi connectivity index (χ4n) is 3.75. The number of benzene rings is 2. The van der Waals surface area contributed by atoms with E-state index in [0.29, 0.717) is 22.6 Å². The highest BCUT2D eigenvalue weighted by Crippen LogP contribution is 2.29. The van der Waals surface area contributed by atoms with Gasteiger partial charge in [-0.15, -0.1) is 0 Å². The Kier molecular flexibility index (Phi) is 5.11. The van der Waals surface area contributed by atoms with Crippen molar-refractivity contribution in [3.8, 4) is 5.69 Å². The highest BCUT2D eigenvalue weighted by atomic mass is 19.1. The Labute approximate surface area is 174 Å². The first kappa shape index (κ1) is 19.8. The number of anilines is 2. The van der Waals surface area contributed by atoms with Crippen LogP contribution in [0.25, 0.3) is 5.69 Å². The van der Waals surface area contributed by atoms with Crippen LogP contribution in [0.3, 0.4) is 0 Å². The van der Waals surface area contributed by atoms with E-state index in [4.69, 9.17) is 0 Å². The zero-order valence-electron chi connectivity index (χ0n) is 17.1. The second kappa shape index (κ2) is 7.74. The van der Waals surface area contributed by atoms with Crippen molar-refractivity contribution in [3.63, 3.8) is 0 Å². The number of halogens is 1. The molecule has 1 N–H and O–H groups in total. The molecule has 2 amide bonds. The van der Waals surface area contributed by atoms with Crippen molar-refractivity contribution >= 4 is 23.2 Å². The van der Waals surface area contributed by atoms with Gasteiger partial charge in [0.1, 0.15) is 5.82 Å². The molecule has 2 heterocycles. The van der Waals surface area contributed by atoms with Gasteiger partial charge in [-0.05, 0) is 50.6 Å². The van der Waals surface area contributed by atoms with E-state index in [1.54, 1.807) is 23.7 Å². The molecule has 3 aromatic rings. The van der Waals surface area contributed by atoms with Crippen LogP contribution in [0.1, 0.15) is 23.4 Å². The SMILES string of the molecule is Cc1ccc(N2C[C@H](C(=O)Nc3c(C)nn(-c4ccccc4)c3C)CC2=O)cc1F. The number of amides is 2. The summed E-state index contributed by atoms with van der Waals surface area (Å²) in [6.45, 7) is 5.62. The first-order valence-corrected chi connectivity index (χ1v) is 9.84. The van der Waals surface area contributed by atoms with Crippen LogP contribution < -0.4 is 10.2 Å². The van der Waals surface area contributed by atoms with Gasteiger partial charge in [-0.25, -0.2) is 9.07 Å². The number of para-hydroxylation sites is 1. The molecule has 0 radical (unpaired) electrons. The average molecular weight is 406 g/mol. The smallest absolute Gasteiger partial charge is 0.229 e. The lowest BCUT2D eigenvalue weighted by Crippen LogP contribution is -2.28. The van der Waals surface area contributed by atoms with Crippen molar-refractivity contribution in [2.45, 2.75) is 27.2 Å². The van der Waals surface area contributed by atoms with Gasteiger partial charge in [-0.1, -0.05) is 24.3 Å². The largest absolute Gasteiger partial charge is 0.323 e. The summed E-state index contributed by atoms with van der Waals surface area (Å²) in [5.41, 5.74) is 4.06. The molecular formula is C23H23FN4O2. The molecule has 1 atom stereocenters. The zero-order chi connectivity index (χ0) is 21.4. The van der Waals surface area contributed by atoms with E-state index in [2.05, 4.69) is 10.4 Å². The third-order valence-electron chi connectivity index (χ3n) is 5.50. The number of aromatic nitrogens is 2. The molecule has 0 unspecified atom stereocenters. The maximum absolute atomic E-state index is 13.9. The van der Waals surface area contributed by atoms with Gasteiger partial charge in [-0.2, -0.15) is 5.10 Å². The van der Waals surface area contributed by atoms with E-state index in [-0.39, 0.29) is 30.6 Å². The Bertz CT molecular complexity index is 1120. The molecular weight excluding hydrogens is 383 g/mol. The van der Waals surface area contributed by atoms with Crippen LogP contribution in [0.5, 0.6) is 0 Å². The molecule has 154 valence electrons. The van der Waals surface area contributed by atoms with Crippen molar-refractivity contribution in [2.24, 2.45) is 5.92 Å². The predicted molar refractivity (Wildman–Crippen MR) is 113 cm³/mol. The number of hydrogen-bond donors (Lipinski definition) is 1. The predicted octanol–water partition coefficient (Wildman–Crippen LogP) is 3.93. The summed E-state index contributed by atoms with van der Waals surface area (Å²) in [5.74, 6) is -1.31. The number of rotatable bonds is 4. The number of carbonyl (C=O) groups is 2. The minimum Gasteiger partial charge on any atom is -0.323 e. The Hall–Kier alpha value is -3.48. The number of nitrogens with zero attached hydrogens (tertiary/aromatic N) is 3. The quantitative estimate of drug-likeness (QED) is 0.714. The summed E-state index contributed by atoms with van der Waals surface area (Å²) in [4.78, 5) is 26.8. The summed E-state index contributed by atoms with van der Waals surface area (Å²) in [6, 6.07) is 14.4. The first-order valence-electron chi connectivity index (χ1n) is 9.84. The summed E-state index contributed by atoms with van der Waals surface area (Å²) in [5, 5.41) is 7.49. The average Bonchev–Trinajstić information content (AvgIpc) is 3.25. The zero-order valence-corrected chi connectivity index (χ0v) is 17.1. The molecule has 1 saturated heterocycles. The number of carbonyl (C=O) groups excluding carboxylic acids is 2. The van der Waals surface area contributed by atoms with Crippen LogP contribution in [0, 0.1) is 32.5 Å². The van der Waals surface area contributed by atoms with Gasteiger partial charge in [0.05, 0.1) is 28.7 Å². The number of nitrogens with one attached hydrogen (secondary N) is 1. The third kappa shape index (κ3) is 3.58. The molecule has 0 spiro atoms. The topological polar surface area (TPSA) is 67.2 Å². The monoisotopic (exact) mass is 406 g/mol. The Morgan fingerprint density at radius 2 is 1.83 bits per heavy atom. The van der Waals surface area contributed by atoms with Gasteiger partial charge in [-0.3, -0.25) is 9.59 Å². The normalized spacial score (nSPS) is 16.2. The molecule has 0 bridgehead atoms. The minimum absolute atomic E-state index is 0.0895. The van der Waals surface area contributed by atoms with Gasteiger partial charge in [0, 0.05) is 18.7 Å². The van der Waals surface area contributed by atoms with Crippen LogP contribution in [-0.4, -0.2) is 28.1 Å². The maximum atomic E-state index is 13.9. The van der Waals surface area contributed by atoms with Crippen LogP contribution in [0.15, 0.2) is 48.5 Å². The molecule has 1 aromatic heterocycles. The van der Waals surface area contributed by atoms with Gasteiger partial charge in [0.2, 0.25) is 11.8 Å². The highest BCUT2D eigenvalue weighted by molar-refractivity contribution is 6.03. The van der Waals surface area contributed by atoms with Crippen LogP contribution in [-0.2, 0) is 9.59 Å². The fraction of sp³-hybridized carbons (Fsp3) is 0.261. The summed E-state index contributed by atoms with van der Waals surface area (Å²) in [7, 11) is 0. The molecule has 6 nitrogen and oxygen atoms in total. The van der Waals surface area contributed by atoms with Gasteiger partial charge in [0.25, 0.3) is 0 Å². The second-order valence-electron chi connectivity index (χ2n) is 7.62. The van der Waals surface area contributed by atoms with Crippen molar-refractivity contribution in [1.82, 2.24) is 9.78 Å². The molecule has 2 aromatic carbocycles. The summed E-state index contributed by atoms with van der Waals surface area (Å²) >= 11 is 0. The van der Waals surface area contributed by atoms with Crippen molar-refractivity contribution < 1.29 is 14.0 Å². The van der Waals surface area contributed by atoms with Crippen LogP contribution in [0.4, 0.5) is 15.8 Å². The van der Waals surface area contributed by atoms with E-state index >= 15 is 0 Å². The fourth-order valence-corrected chi connectivity index (χ4v) is 3.75. The molecule has 1 aliphatic heterocycles. The van der Waals surface area contributed by atoms with E-state index in [1.165, 1.54) is 11.0 Å². The van der Waals surface area contributed by atoms with E-state index in [9.17, 15) is 14.0 Å². The standard InChI is InChI=1S/C23H23FN4O2/c1-14-9-10-19(12-20(14)24)27-13-17(11-21(27)29)23(30)25-22-15(2)26-28(16(22)3)18-7-5-4-6-8-18/h4-10,12,17H,11,13H2,1-3H3,(H,25,30)/t17-/m1/s1. The van der Waals surface area contributed by atoms with Crippen molar-refractivity contribution in [1.29, 1.82) is 0 Å². The van der Waals surface area contributed by atoms with E-state index < -0.39 is 5.92 Å². The van der Waals surface area contributed by atoms with Gasteiger partial charge >= 0.3 is 0 Å². The van der Waals surface area contributed by atoms with Gasteiger partial charge < -0.3 is 10.2 Å². The lowest BCUT2D eigenvalue weighted by atomic mass is 10.1. The number of aryl methyl sites for hydroxylation is 2. The third-order valence-corrected chi connectivity index (χ3v) is 5.50. The maximum Gasteiger partial charge on any atom is 0.229 e. The van der Waals surface area contributed by atoms with E-state index in [1.807, 2.05) is 44.2 Å². The van der Waals surface area contributed by atoms with Crippen molar-refractivity contribution in [3.05, 3.63) is 71.3 Å². The molecule has 1 fully saturated rings. The van der Waals surface area contributed by atoms with Crippen LogP contribution >= 0.6 is 0 Å². The minimum atomic E-state index is -0.513. The number of hydrogen-bond acceptors (Lipinski definition) is 3. The summed E-state index contributed by atoms with van der Waals surface area (Å²) in [6.07, 6.45) is 0.0895.